The van der Waals surface area contributed by atoms with Crippen molar-refractivity contribution < 1.29 is 18.4 Å². The van der Waals surface area contributed by atoms with Crippen LogP contribution in [0.3, 0.4) is 0 Å². The van der Waals surface area contributed by atoms with Gasteiger partial charge in [0.15, 0.2) is 0 Å². The number of rotatable bonds is 6. The summed E-state index contributed by atoms with van der Waals surface area (Å²) in [5, 5.41) is 14.9. The van der Waals surface area contributed by atoms with E-state index in [4.69, 9.17) is 11.6 Å². The van der Waals surface area contributed by atoms with Crippen molar-refractivity contribution in [2.24, 2.45) is 10.6 Å². The molecule has 37 heavy (non-hydrogen) atoms. The lowest BCUT2D eigenvalue weighted by Gasteiger charge is -2.44. The molecule has 0 spiro atoms. The van der Waals surface area contributed by atoms with E-state index < -0.39 is 15.4 Å². The van der Waals surface area contributed by atoms with Crippen molar-refractivity contribution in [3.8, 4) is 0 Å². The number of oxime groups is 1. The first-order valence-corrected chi connectivity index (χ1v) is 13.9. The Morgan fingerprint density at radius 2 is 1.70 bits per heavy atom. The number of hydrogen-bond acceptors (Lipinski definition) is 7. The Morgan fingerprint density at radius 1 is 1.00 bits per heavy atom. The molecule has 0 radical (unpaired) electrons. The number of carbonyl (C=O) groups excluding carboxylic acids is 1. The van der Waals surface area contributed by atoms with Gasteiger partial charge in [0.1, 0.15) is 0 Å². The van der Waals surface area contributed by atoms with E-state index >= 15 is 0 Å². The molecule has 2 saturated heterocycles. The number of nitrogens with zero attached hydrogens (tertiary/aromatic N) is 5. The predicted octanol–water partition coefficient (Wildman–Crippen LogP) is 3.47. The molecule has 5 rings (SSSR count). The van der Waals surface area contributed by atoms with Crippen LogP contribution >= 0.6 is 11.6 Å². The maximum atomic E-state index is 13.3. The Morgan fingerprint density at radius 3 is 2.41 bits per heavy atom. The van der Waals surface area contributed by atoms with Gasteiger partial charge in [-0.25, -0.2) is 8.42 Å². The van der Waals surface area contributed by atoms with E-state index in [1.54, 1.807) is 53.7 Å². The van der Waals surface area contributed by atoms with Gasteiger partial charge in [-0.3, -0.25) is 9.78 Å². The lowest BCUT2D eigenvalue weighted by Crippen LogP contribution is -2.56. The van der Waals surface area contributed by atoms with Crippen molar-refractivity contribution in [1.82, 2.24) is 14.2 Å². The number of carbonyl (C=O) groups is 1. The summed E-state index contributed by atoms with van der Waals surface area (Å²) in [5.41, 5.74) is 0.602. The van der Waals surface area contributed by atoms with Gasteiger partial charge in [0.2, 0.25) is 15.9 Å². The second-order valence-electron chi connectivity index (χ2n) is 9.61. The molecule has 0 unspecified atom stereocenters. The molecule has 2 fully saturated rings. The van der Waals surface area contributed by atoms with E-state index in [0.29, 0.717) is 24.4 Å². The zero-order valence-electron chi connectivity index (χ0n) is 20.2. The Kier molecular flexibility index (Phi) is 7.06. The summed E-state index contributed by atoms with van der Waals surface area (Å²) in [5.74, 6) is -0.260. The number of pyridine rings is 1. The van der Waals surface area contributed by atoms with Gasteiger partial charge in [-0.05, 0) is 60.0 Å². The molecule has 2 aliphatic rings. The highest BCUT2D eigenvalue weighted by Crippen LogP contribution is 2.34. The van der Waals surface area contributed by atoms with Crippen LogP contribution < -0.4 is 4.90 Å². The number of halogens is 1. The largest absolute Gasteiger partial charge is 0.411 e. The fraction of sp³-hybridized carbons (Fsp3) is 0.346. The van der Waals surface area contributed by atoms with Crippen LogP contribution in [0.25, 0.3) is 10.8 Å². The van der Waals surface area contributed by atoms with E-state index in [1.807, 2.05) is 12.1 Å². The van der Waals surface area contributed by atoms with Crippen LogP contribution in [0, 0.1) is 5.41 Å². The number of piperidine rings is 1. The Hall–Kier alpha value is -3.21. The number of sulfonamides is 1. The average Bonchev–Trinajstić information content (AvgIpc) is 2.90. The molecule has 0 atom stereocenters. The number of benzene rings is 2. The molecule has 3 heterocycles. The van der Waals surface area contributed by atoms with Gasteiger partial charge in [-0.15, -0.1) is 5.16 Å². The van der Waals surface area contributed by atoms with Gasteiger partial charge in [0, 0.05) is 61.2 Å². The molecule has 3 aromatic rings. The summed E-state index contributed by atoms with van der Waals surface area (Å²) in [4.78, 5) is 21.3. The summed E-state index contributed by atoms with van der Waals surface area (Å²) in [6, 6.07) is 14.1. The van der Waals surface area contributed by atoms with E-state index in [2.05, 4.69) is 15.0 Å². The molecular formula is C26H28ClN5O4S. The number of anilines is 1. The summed E-state index contributed by atoms with van der Waals surface area (Å²) in [7, 11) is -3.84. The average molecular weight is 542 g/mol. The van der Waals surface area contributed by atoms with Crippen molar-refractivity contribution in [3.05, 3.63) is 65.9 Å². The van der Waals surface area contributed by atoms with Crippen LogP contribution in [0.5, 0.6) is 0 Å². The Balaban J connectivity index is 1.26. The van der Waals surface area contributed by atoms with Gasteiger partial charge in [-0.1, -0.05) is 23.7 Å². The van der Waals surface area contributed by atoms with E-state index in [1.165, 1.54) is 10.5 Å². The molecule has 1 amide bonds. The summed E-state index contributed by atoms with van der Waals surface area (Å²) in [6.45, 7) is 2.11. The van der Waals surface area contributed by atoms with Crippen LogP contribution in [-0.2, 0) is 14.8 Å². The third-order valence-electron chi connectivity index (χ3n) is 7.32. The van der Waals surface area contributed by atoms with Crippen molar-refractivity contribution in [2.45, 2.75) is 17.7 Å². The Labute approximate surface area is 221 Å². The minimum absolute atomic E-state index is 0.149. The second-order valence-corrected chi connectivity index (χ2v) is 12.0. The lowest BCUT2D eigenvalue weighted by atomic mass is 9.78. The molecular weight excluding hydrogens is 514 g/mol. The smallest absolute Gasteiger partial charge is 0.243 e. The molecule has 9 nitrogen and oxygen atoms in total. The zero-order valence-corrected chi connectivity index (χ0v) is 21.8. The third kappa shape index (κ3) is 5.27. The summed E-state index contributed by atoms with van der Waals surface area (Å²) >= 11 is 6.04. The van der Waals surface area contributed by atoms with Crippen LogP contribution in [0.2, 0.25) is 5.02 Å². The van der Waals surface area contributed by atoms with E-state index in [0.717, 1.165) is 29.5 Å². The van der Waals surface area contributed by atoms with Crippen LogP contribution in [0.4, 0.5) is 5.69 Å². The normalized spacial score (nSPS) is 19.1. The van der Waals surface area contributed by atoms with Crippen molar-refractivity contribution in [2.75, 3.05) is 44.2 Å². The maximum absolute atomic E-state index is 13.3. The van der Waals surface area contributed by atoms with Gasteiger partial charge in [-0.2, -0.15) is 4.31 Å². The molecule has 2 aliphatic heterocycles. The number of aromatic nitrogens is 1. The van der Waals surface area contributed by atoms with Gasteiger partial charge >= 0.3 is 0 Å². The molecule has 11 heteroatoms. The van der Waals surface area contributed by atoms with E-state index in [9.17, 15) is 18.4 Å². The molecule has 0 aliphatic carbocycles. The highest BCUT2D eigenvalue weighted by Gasteiger charge is 2.40. The van der Waals surface area contributed by atoms with E-state index in [-0.39, 0.29) is 30.4 Å². The number of fused-ring (bicyclic) bond motifs is 1. The standard InChI is InChI=1S/C26H28ClN5O4S/c27-22-3-1-21-16-24(4-2-20(21)15-22)37(35,36)32-14-13-31(25(33)17-32)19-26(18-29-34)7-11-30(12-8-26)23-5-9-28-10-6-23/h1-6,9-10,15-16,18,34H,7-8,11-14,17,19H2/b29-18-. The first-order chi connectivity index (χ1) is 17.8. The first-order valence-electron chi connectivity index (χ1n) is 12.1. The second kappa shape index (κ2) is 10.3. The van der Waals surface area contributed by atoms with Crippen LogP contribution in [0.15, 0.2) is 71.0 Å². The minimum atomic E-state index is -3.84. The fourth-order valence-corrected chi connectivity index (χ4v) is 6.76. The van der Waals surface area contributed by atoms with Crippen LogP contribution in [-0.4, -0.2) is 79.2 Å². The quantitative estimate of drug-likeness (QED) is 0.291. The monoisotopic (exact) mass is 541 g/mol. The summed E-state index contributed by atoms with van der Waals surface area (Å²) < 4.78 is 27.9. The molecule has 1 N–H and O–H groups in total. The maximum Gasteiger partial charge on any atom is 0.243 e. The lowest BCUT2D eigenvalue weighted by molar-refractivity contribution is -0.135. The molecule has 0 bridgehead atoms. The SMILES string of the molecule is O=C1CN(S(=O)(=O)c2ccc3cc(Cl)ccc3c2)CCN1CC1(/C=N\O)CCN(c2ccncc2)CC1. The number of piperazine rings is 1. The fourth-order valence-electron chi connectivity index (χ4n) is 5.16. The third-order valence-corrected chi connectivity index (χ3v) is 9.40. The topological polar surface area (TPSA) is 106 Å². The molecule has 0 saturated carbocycles. The predicted molar refractivity (Wildman–Crippen MR) is 143 cm³/mol. The first kappa shape index (κ1) is 25.4. The highest BCUT2D eigenvalue weighted by atomic mass is 35.5. The van der Waals surface area contributed by atoms with Gasteiger partial charge in [0.25, 0.3) is 0 Å². The molecule has 1 aromatic heterocycles. The zero-order chi connectivity index (χ0) is 26.0. The van der Waals surface area contributed by atoms with Crippen LogP contribution in [0.1, 0.15) is 12.8 Å². The van der Waals surface area contributed by atoms with Gasteiger partial charge < -0.3 is 15.0 Å². The molecule has 2 aromatic carbocycles. The number of amides is 1. The molecule has 194 valence electrons. The van der Waals surface area contributed by atoms with Gasteiger partial charge in [0.05, 0.1) is 17.7 Å². The number of hydrogen-bond donors (Lipinski definition) is 1. The minimum Gasteiger partial charge on any atom is -0.411 e. The summed E-state index contributed by atoms with van der Waals surface area (Å²) in [6.07, 6.45) is 6.45. The van der Waals surface area contributed by atoms with Crippen molar-refractivity contribution >= 4 is 50.2 Å². The highest BCUT2D eigenvalue weighted by molar-refractivity contribution is 7.89. The van der Waals surface area contributed by atoms with Crippen molar-refractivity contribution in [1.29, 1.82) is 0 Å². The van der Waals surface area contributed by atoms with Crippen molar-refractivity contribution in [3.63, 3.8) is 0 Å². The Bertz CT molecular complexity index is 1430.